The van der Waals surface area contributed by atoms with Crippen molar-refractivity contribution in [3.63, 3.8) is 0 Å². The second-order valence-electron chi connectivity index (χ2n) is 6.37. The van der Waals surface area contributed by atoms with Gasteiger partial charge in [0.05, 0.1) is 6.61 Å². The Morgan fingerprint density at radius 1 is 1.33 bits per heavy atom. The third-order valence-corrected chi connectivity index (χ3v) is 4.45. The number of ether oxygens (including phenoxy) is 1. The van der Waals surface area contributed by atoms with Gasteiger partial charge in [-0.3, -0.25) is 4.79 Å². The molecule has 138 valence electrons. The first kappa shape index (κ1) is 17.1. The summed E-state index contributed by atoms with van der Waals surface area (Å²) in [5, 5.41) is 17.5. The fourth-order valence-electron chi connectivity index (χ4n) is 2.97. The quantitative estimate of drug-likeness (QED) is 0.520. The van der Waals surface area contributed by atoms with Gasteiger partial charge < -0.3 is 9.26 Å². The van der Waals surface area contributed by atoms with Gasteiger partial charge in [-0.1, -0.05) is 17.3 Å². The highest BCUT2D eigenvalue weighted by Crippen LogP contribution is 2.43. The van der Waals surface area contributed by atoms with E-state index in [1.54, 1.807) is 19.1 Å². The fourth-order valence-corrected chi connectivity index (χ4v) is 2.97. The molecule has 0 spiro atoms. The van der Waals surface area contributed by atoms with Gasteiger partial charge in [-0.2, -0.15) is 0 Å². The maximum absolute atomic E-state index is 13.3. The molecular weight excluding hydrogens is 350 g/mol. The SMILES string of the molecule is CCOC(=O)c1noc(C2CC2)c1C(=O)c1ccc(-c2nnn[nH]2)cc1C. The normalized spacial score (nSPS) is 13.6. The van der Waals surface area contributed by atoms with Crippen LogP contribution < -0.4 is 0 Å². The standard InChI is InChI=1S/C18H17N5O4/c1-3-26-18(25)14-13(16(27-21-14)10-4-5-10)15(24)12-7-6-11(8-9(12)2)17-19-22-23-20-17/h6-8,10H,3-5H2,1-2H3,(H,19,20,22,23). The molecule has 1 aromatic carbocycles. The van der Waals surface area contributed by atoms with Gasteiger partial charge in [-0.25, -0.2) is 9.89 Å². The lowest BCUT2D eigenvalue weighted by Crippen LogP contribution is -2.14. The van der Waals surface area contributed by atoms with Crippen LogP contribution >= 0.6 is 0 Å². The van der Waals surface area contributed by atoms with Crippen molar-refractivity contribution in [1.29, 1.82) is 0 Å². The highest BCUT2D eigenvalue weighted by Gasteiger charge is 2.37. The molecule has 0 saturated heterocycles. The van der Waals surface area contributed by atoms with Crippen LogP contribution in [0.5, 0.6) is 0 Å². The van der Waals surface area contributed by atoms with Crippen molar-refractivity contribution in [2.45, 2.75) is 32.6 Å². The van der Waals surface area contributed by atoms with E-state index in [-0.39, 0.29) is 29.6 Å². The average molecular weight is 367 g/mol. The van der Waals surface area contributed by atoms with Crippen molar-refractivity contribution < 1.29 is 18.8 Å². The highest BCUT2D eigenvalue weighted by molar-refractivity contribution is 6.15. The zero-order valence-electron chi connectivity index (χ0n) is 14.9. The lowest BCUT2D eigenvalue weighted by molar-refractivity contribution is 0.0512. The Balaban J connectivity index is 1.74. The third-order valence-electron chi connectivity index (χ3n) is 4.45. The lowest BCUT2D eigenvalue weighted by Gasteiger charge is -2.08. The summed E-state index contributed by atoms with van der Waals surface area (Å²) >= 11 is 0. The predicted molar refractivity (Wildman–Crippen MR) is 92.2 cm³/mol. The van der Waals surface area contributed by atoms with Gasteiger partial charge in [0.1, 0.15) is 5.56 Å². The van der Waals surface area contributed by atoms with Gasteiger partial charge in [-0.15, -0.1) is 5.10 Å². The van der Waals surface area contributed by atoms with E-state index in [9.17, 15) is 9.59 Å². The molecule has 0 unspecified atom stereocenters. The lowest BCUT2D eigenvalue weighted by atomic mass is 9.95. The smallest absolute Gasteiger partial charge is 0.361 e. The van der Waals surface area contributed by atoms with E-state index < -0.39 is 5.97 Å². The minimum Gasteiger partial charge on any atom is -0.461 e. The first-order valence-electron chi connectivity index (χ1n) is 8.66. The van der Waals surface area contributed by atoms with Crippen molar-refractivity contribution in [3.8, 4) is 11.4 Å². The molecule has 9 heteroatoms. The van der Waals surface area contributed by atoms with Gasteiger partial charge in [0.25, 0.3) is 0 Å². The molecule has 3 aromatic rings. The number of rotatable bonds is 6. The number of H-pyrrole nitrogens is 1. The van der Waals surface area contributed by atoms with E-state index in [0.717, 1.165) is 24.0 Å². The molecule has 9 nitrogen and oxygen atoms in total. The second kappa shape index (κ2) is 6.75. The van der Waals surface area contributed by atoms with Crippen molar-refractivity contribution in [2.75, 3.05) is 6.61 Å². The molecule has 4 rings (SSSR count). The predicted octanol–water partition coefficient (Wildman–Crippen LogP) is 2.45. The Labute approximate surface area is 154 Å². The summed E-state index contributed by atoms with van der Waals surface area (Å²) < 4.78 is 10.4. The number of esters is 1. The number of nitrogens with one attached hydrogen (secondary N) is 1. The summed E-state index contributed by atoms with van der Waals surface area (Å²) in [6.07, 6.45) is 1.82. The molecule has 27 heavy (non-hydrogen) atoms. The summed E-state index contributed by atoms with van der Waals surface area (Å²) in [7, 11) is 0. The molecule has 0 bridgehead atoms. The van der Waals surface area contributed by atoms with Crippen molar-refractivity contribution in [1.82, 2.24) is 25.8 Å². The minimum absolute atomic E-state index is 0.0633. The Morgan fingerprint density at radius 3 is 2.78 bits per heavy atom. The van der Waals surface area contributed by atoms with Gasteiger partial charge >= 0.3 is 5.97 Å². The molecule has 1 aliphatic carbocycles. The van der Waals surface area contributed by atoms with E-state index in [1.807, 2.05) is 13.0 Å². The van der Waals surface area contributed by atoms with E-state index in [0.29, 0.717) is 17.1 Å². The van der Waals surface area contributed by atoms with Crippen LogP contribution in [-0.2, 0) is 4.74 Å². The first-order valence-corrected chi connectivity index (χ1v) is 8.66. The van der Waals surface area contributed by atoms with Crippen LogP contribution in [0.1, 0.15) is 63.4 Å². The molecule has 0 amide bonds. The largest absolute Gasteiger partial charge is 0.461 e. The fraction of sp³-hybridized carbons (Fsp3) is 0.333. The minimum atomic E-state index is -0.654. The molecule has 0 radical (unpaired) electrons. The average Bonchev–Trinajstić information content (AvgIpc) is 3.19. The maximum Gasteiger partial charge on any atom is 0.361 e. The number of aromatic amines is 1. The summed E-state index contributed by atoms with van der Waals surface area (Å²) in [5.41, 5.74) is 2.08. The third kappa shape index (κ3) is 3.12. The van der Waals surface area contributed by atoms with Crippen molar-refractivity contribution in [3.05, 3.63) is 46.3 Å². The number of benzene rings is 1. The van der Waals surface area contributed by atoms with Gasteiger partial charge in [0.15, 0.2) is 17.4 Å². The topological polar surface area (TPSA) is 124 Å². The number of nitrogens with zero attached hydrogens (tertiary/aromatic N) is 4. The zero-order valence-corrected chi connectivity index (χ0v) is 14.9. The number of carbonyl (C=O) groups excluding carboxylic acids is 2. The first-order chi connectivity index (χ1) is 13.1. The van der Waals surface area contributed by atoms with E-state index in [4.69, 9.17) is 9.26 Å². The summed E-state index contributed by atoms with van der Waals surface area (Å²) in [6, 6.07) is 5.24. The summed E-state index contributed by atoms with van der Waals surface area (Å²) in [4.78, 5) is 25.5. The number of hydrogen-bond donors (Lipinski definition) is 1. The van der Waals surface area contributed by atoms with Gasteiger partial charge in [0.2, 0.25) is 5.69 Å². The van der Waals surface area contributed by atoms with Crippen LogP contribution in [0.3, 0.4) is 0 Å². The number of tetrazole rings is 1. The van der Waals surface area contributed by atoms with Crippen molar-refractivity contribution in [2.24, 2.45) is 0 Å². The Bertz CT molecular complexity index is 1000. The molecule has 0 aliphatic heterocycles. The van der Waals surface area contributed by atoms with E-state index in [1.165, 1.54) is 0 Å². The molecule has 1 fully saturated rings. The molecule has 0 atom stereocenters. The number of aromatic nitrogens is 5. The molecule has 1 N–H and O–H groups in total. The molecular formula is C18H17N5O4. The number of hydrogen-bond acceptors (Lipinski definition) is 8. The van der Waals surface area contributed by atoms with Crippen LogP contribution in [-0.4, -0.2) is 44.1 Å². The summed E-state index contributed by atoms with van der Waals surface area (Å²) in [5.74, 6) is 0.137. The van der Waals surface area contributed by atoms with Crippen LogP contribution in [0.15, 0.2) is 22.7 Å². The van der Waals surface area contributed by atoms with Crippen LogP contribution in [0.2, 0.25) is 0 Å². The molecule has 2 aromatic heterocycles. The summed E-state index contributed by atoms with van der Waals surface area (Å²) in [6.45, 7) is 3.70. The van der Waals surface area contributed by atoms with E-state index in [2.05, 4.69) is 25.8 Å². The van der Waals surface area contributed by atoms with Crippen LogP contribution in [0.25, 0.3) is 11.4 Å². The molecule has 1 saturated carbocycles. The highest BCUT2D eigenvalue weighted by atomic mass is 16.5. The van der Waals surface area contributed by atoms with Crippen molar-refractivity contribution >= 4 is 11.8 Å². The second-order valence-corrected chi connectivity index (χ2v) is 6.37. The monoisotopic (exact) mass is 367 g/mol. The van der Waals surface area contributed by atoms with Crippen LogP contribution in [0.4, 0.5) is 0 Å². The van der Waals surface area contributed by atoms with Gasteiger partial charge in [-0.05, 0) is 48.7 Å². The molecule has 2 heterocycles. The van der Waals surface area contributed by atoms with Gasteiger partial charge in [0, 0.05) is 17.0 Å². The van der Waals surface area contributed by atoms with E-state index >= 15 is 0 Å². The Kier molecular flexibility index (Phi) is 4.27. The Hall–Kier alpha value is -3.36. The van der Waals surface area contributed by atoms with Crippen LogP contribution in [0, 0.1) is 6.92 Å². The number of aryl methyl sites for hydroxylation is 1. The maximum atomic E-state index is 13.3. The number of carbonyl (C=O) groups is 2. The number of ketones is 1. The zero-order chi connectivity index (χ0) is 19.0. The Morgan fingerprint density at radius 2 is 2.15 bits per heavy atom. The molecule has 1 aliphatic rings.